The average Bonchev–Trinajstić information content (AvgIpc) is 2.08. The number of pyridine rings is 1. The number of amides is 1. The zero-order chi connectivity index (χ0) is 9.14. The van der Waals surface area contributed by atoms with Gasteiger partial charge < -0.3 is 0 Å². The van der Waals surface area contributed by atoms with Crippen LogP contribution >= 0.6 is 11.6 Å². The Hall–Kier alpha value is -1.20. The van der Waals surface area contributed by atoms with Gasteiger partial charge >= 0.3 is 0 Å². The smallest absolute Gasteiger partial charge is 0.268 e. The summed E-state index contributed by atoms with van der Waals surface area (Å²) in [5, 5.41) is -0.0839. The molecule has 0 bridgehead atoms. The molecule has 1 aromatic heterocycles. The first-order valence-electron chi connectivity index (χ1n) is 2.97. The molecule has 0 radical (unpaired) electrons. The number of aromatic nitrogens is 1. The first kappa shape index (κ1) is 8.89. The summed E-state index contributed by atoms with van der Waals surface area (Å²) in [5.74, 6) is 3.50. The van der Waals surface area contributed by atoms with Gasteiger partial charge in [0.1, 0.15) is 11.0 Å². The van der Waals surface area contributed by atoms with Gasteiger partial charge in [0.05, 0.1) is 11.8 Å². The summed E-state index contributed by atoms with van der Waals surface area (Å²) in [4.78, 5) is 14.3. The molecule has 1 rings (SSSR count). The van der Waals surface area contributed by atoms with Crippen molar-refractivity contribution in [2.45, 2.75) is 0 Å². The molecule has 0 atom stereocenters. The molecule has 3 N–H and O–H groups in total. The highest BCUT2D eigenvalue weighted by Crippen LogP contribution is 2.12. The molecule has 1 amide bonds. The third kappa shape index (κ3) is 1.69. The van der Waals surface area contributed by atoms with Gasteiger partial charge in [-0.05, 0) is 6.07 Å². The zero-order valence-corrected chi connectivity index (χ0v) is 6.60. The van der Waals surface area contributed by atoms with E-state index in [9.17, 15) is 9.18 Å². The number of carbonyl (C=O) groups excluding carboxylic acids is 1. The van der Waals surface area contributed by atoms with E-state index in [1.807, 2.05) is 5.43 Å². The Balaban J connectivity index is 3.13. The molecular weight excluding hydrogens is 185 g/mol. The zero-order valence-electron chi connectivity index (χ0n) is 5.84. The lowest BCUT2D eigenvalue weighted by molar-refractivity contribution is 0.0953. The van der Waals surface area contributed by atoms with Crippen LogP contribution in [0.2, 0.25) is 5.15 Å². The molecule has 0 aromatic carbocycles. The Morgan fingerprint density at radius 3 is 3.00 bits per heavy atom. The third-order valence-electron chi connectivity index (χ3n) is 1.18. The predicted molar refractivity (Wildman–Crippen MR) is 40.9 cm³/mol. The number of halogens is 2. The number of hydrazine groups is 1. The number of nitrogens with two attached hydrogens (primary N) is 1. The van der Waals surface area contributed by atoms with E-state index in [4.69, 9.17) is 17.4 Å². The van der Waals surface area contributed by atoms with E-state index >= 15 is 0 Å². The fraction of sp³-hybridized carbons (Fsp3) is 0. The van der Waals surface area contributed by atoms with Gasteiger partial charge in [-0.1, -0.05) is 11.6 Å². The fourth-order valence-corrected chi connectivity index (χ4v) is 0.849. The van der Waals surface area contributed by atoms with Gasteiger partial charge in [-0.25, -0.2) is 15.2 Å². The number of rotatable bonds is 1. The lowest BCUT2D eigenvalue weighted by Crippen LogP contribution is -2.30. The summed E-state index contributed by atoms with van der Waals surface area (Å²) in [7, 11) is 0. The first-order chi connectivity index (χ1) is 5.65. The van der Waals surface area contributed by atoms with Crippen LogP contribution in [-0.4, -0.2) is 10.9 Å². The molecule has 0 spiro atoms. The van der Waals surface area contributed by atoms with Crippen LogP contribution in [0.5, 0.6) is 0 Å². The van der Waals surface area contributed by atoms with Gasteiger partial charge in [0, 0.05) is 0 Å². The molecule has 0 fully saturated rings. The van der Waals surface area contributed by atoms with Crippen LogP contribution in [0.1, 0.15) is 10.4 Å². The molecule has 1 aromatic rings. The summed E-state index contributed by atoms with van der Waals surface area (Å²) in [6.07, 6.45) is 0.912. The van der Waals surface area contributed by atoms with Gasteiger partial charge in [0.2, 0.25) is 0 Å². The Morgan fingerprint density at radius 2 is 2.42 bits per heavy atom. The quantitative estimate of drug-likeness (QED) is 0.292. The topological polar surface area (TPSA) is 68.0 Å². The minimum atomic E-state index is -0.674. The Labute approximate surface area is 72.5 Å². The van der Waals surface area contributed by atoms with Crippen LogP contribution in [0, 0.1) is 5.82 Å². The Kier molecular flexibility index (Phi) is 2.57. The van der Waals surface area contributed by atoms with Crippen molar-refractivity contribution in [1.29, 1.82) is 0 Å². The van der Waals surface area contributed by atoms with Crippen LogP contribution in [0.4, 0.5) is 4.39 Å². The Morgan fingerprint density at radius 1 is 1.75 bits per heavy atom. The second-order valence-electron chi connectivity index (χ2n) is 1.97. The monoisotopic (exact) mass is 189 g/mol. The van der Waals surface area contributed by atoms with E-state index in [0.717, 1.165) is 12.3 Å². The maximum absolute atomic E-state index is 12.5. The SMILES string of the molecule is NNC(=O)c1cc(F)cnc1Cl. The number of hydrogen-bond acceptors (Lipinski definition) is 3. The highest BCUT2D eigenvalue weighted by Gasteiger charge is 2.10. The maximum Gasteiger partial charge on any atom is 0.268 e. The van der Waals surface area contributed by atoms with Crippen molar-refractivity contribution in [1.82, 2.24) is 10.4 Å². The van der Waals surface area contributed by atoms with Crippen LogP contribution < -0.4 is 11.3 Å². The van der Waals surface area contributed by atoms with Gasteiger partial charge in [-0.15, -0.1) is 0 Å². The molecule has 0 unspecified atom stereocenters. The number of nitrogens with zero attached hydrogens (tertiary/aromatic N) is 1. The number of carbonyl (C=O) groups is 1. The summed E-state index contributed by atoms with van der Waals surface area (Å²) in [6.45, 7) is 0. The van der Waals surface area contributed by atoms with E-state index in [2.05, 4.69) is 4.98 Å². The molecule has 12 heavy (non-hydrogen) atoms. The molecule has 0 aliphatic rings. The standard InChI is InChI=1S/C6H5ClFN3O/c7-5-4(6(12)11-9)1-3(8)2-10-5/h1-2H,9H2,(H,11,12). The lowest BCUT2D eigenvalue weighted by atomic mass is 10.3. The van der Waals surface area contributed by atoms with Crippen molar-refractivity contribution in [2.24, 2.45) is 5.84 Å². The molecule has 6 heteroatoms. The molecule has 0 saturated heterocycles. The number of nitrogens with one attached hydrogen (secondary N) is 1. The maximum atomic E-state index is 12.5. The number of nitrogen functional groups attached to an aromatic ring is 1. The molecule has 64 valence electrons. The predicted octanol–water partition coefficient (Wildman–Crippen LogP) is 0.478. The second kappa shape index (κ2) is 3.46. The van der Waals surface area contributed by atoms with Crippen LogP contribution in [0.25, 0.3) is 0 Å². The molecule has 4 nitrogen and oxygen atoms in total. The highest BCUT2D eigenvalue weighted by atomic mass is 35.5. The van der Waals surface area contributed by atoms with Gasteiger partial charge in [0.25, 0.3) is 5.91 Å². The van der Waals surface area contributed by atoms with E-state index < -0.39 is 11.7 Å². The van der Waals surface area contributed by atoms with Crippen molar-refractivity contribution in [3.05, 3.63) is 28.8 Å². The van der Waals surface area contributed by atoms with Gasteiger partial charge in [-0.2, -0.15) is 0 Å². The van der Waals surface area contributed by atoms with E-state index in [1.165, 1.54) is 0 Å². The van der Waals surface area contributed by atoms with Crippen molar-refractivity contribution in [3.8, 4) is 0 Å². The van der Waals surface area contributed by atoms with E-state index in [1.54, 1.807) is 0 Å². The normalized spacial score (nSPS) is 9.58. The summed E-state index contributed by atoms with van der Waals surface area (Å²) in [6, 6.07) is 0.956. The molecule has 0 aliphatic carbocycles. The molecule has 0 saturated carbocycles. The minimum Gasteiger partial charge on any atom is -0.290 e. The molecular formula is C6H5ClFN3O. The second-order valence-corrected chi connectivity index (χ2v) is 2.32. The van der Waals surface area contributed by atoms with Crippen molar-refractivity contribution in [3.63, 3.8) is 0 Å². The molecule has 1 heterocycles. The van der Waals surface area contributed by atoms with Gasteiger partial charge in [-0.3, -0.25) is 10.2 Å². The van der Waals surface area contributed by atoms with Crippen LogP contribution in [0.15, 0.2) is 12.3 Å². The summed E-state index contributed by atoms with van der Waals surface area (Å²) < 4.78 is 12.5. The van der Waals surface area contributed by atoms with Crippen LogP contribution in [-0.2, 0) is 0 Å². The third-order valence-corrected chi connectivity index (χ3v) is 1.48. The number of hydrogen-bond donors (Lipinski definition) is 2. The highest BCUT2D eigenvalue weighted by molar-refractivity contribution is 6.32. The average molecular weight is 190 g/mol. The van der Waals surface area contributed by atoms with Gasteiger partial charge in [0.15, 0.2) is 0 Å². The Bertz CT molecular complexity index is 318. The molecule has 0 aliphatic heterocycles. The first-order valence-corrected chi connectivity index (χ1v) is 3.35. The lowest BCUT2D eigenvalue weighted by Gasteiger charge is -2.00. The van der Waals surface area contributed by atoms with Crippen LogP contribution in [0.3, 0.4) is 0 Å². The largest absolute Gasteiger partial charge is 0.290 e. The minimum absolute atomic E-state index is 0.0839. The summed E-state index contributed by atoms with van der Waals surface area (Å²) >= 11 is 5.48. The van der Waals surface area contributed by atoms with Crippen molar-refractivity contribution < 1.29 is 9.18 Å². The van der Waals surface area contributed by atoms with Crippen molar-refractivity contribution in [2.75, 3.05) is 0 Å². The van der Waals surface area contributed by atoms with E-state index in [0.29, 0.717) is 0 Å². The van der Waals surface area contributed by atoms with E-state index in [-0.39, 0.29) is 10.7 Å². The fourth-order valence-electron chi connectivity index (χ4n) is 0.660. The van der Waals surface area contributed by atoms with Crippen molar-refractivity contribution >= 4 is 17.5 Å². The summed E-state index contributed by atoms with van der Waals surface area (Å²) in [5.41, 5.74) is 1.74.